The highest BCUT2D eigenvalue weighted by atomic mass is 19.2. The summed E-state index contributed by atoms with van der Waals surface area (Å²) in [5, 5.41) is 19.2. The van der Waals surface area contributed by atoms with Gasteiger partial charge in [-0.05, 0) is 101 Å². The highest BCUT2D eigenvalue weighted by molar-refractivity contribution is 5.70. The number of ether oxygens (including phenoxy) is 2. The first-order valence-electron chi connectivity index (χ1n) is 16.1. The van der Waals surface area contributed by atoms with E-state index < -0.39 is 46.7 Å². The van der Waals surface area contributed by atoms with Crippen LogP contribution < -0.4 is 0 Å². The third kappa shape index (κ3) is 7.43. The van der Waals surface area contributed by atoms with Crippen molar-refractivity contribution < 1.29 is 46.8 Å². The lowest BCUT2D eigenvalue weighted by Gasteiger charge is -2.45. The number of amides is 2. The lowest BCUT2D eigenvalue weighted by Crippen LogP contribution is -2.52. The van der Waals surface area contributed by atoms with Crippen molar-refractivity contribution >= 4 is 12.2 Å². The van der Waals surface area contributed by atoms with Crippen LogP contribution in [-0.2, 0) is 9.47 Å². The average Bonchev–Trinajstić information content (AvgIpc) is 3.03. The monoisotopic (exact) mass is 650 g/mol. The fourth-order valence-electron chi connectivity index (χ4n) is 6.99. The SMILES string of the molecule is C[C@@H](c1ccc(F)c(F)c1)N1CCC2(CCC(O)CC2)OC1=O.C[C@@H](c1ccc(F)c(F)c1)N1CCC2(CCC(O)CC2)OC1=O. The van der Waals surface area contributed by atoms with E-state index in [0.717, 1.165) is 24.3 Å². The van der Waals surface area contributed by atoms with E-state index in [0.29, 0.717) is 88.4 Å². The van der Waals surface area contributed by atoms with Crippen molar-refractivity contribution in [1.82, 2.24) is 9.80 Å². The molecule has 0 unspecified atom stereocenters. The maximum atomic E-state index is 13.4. The number of aliphatic hydroxyl groups excluding tert-OH is 2. The van der Waals surface area contributed by atoms with Crippen LogP contribution in [0.5, 0.6) is 0 Å². The van der Waals surface area contributed by atoms with Crippen molar-refractivity contribution in [3.8, 4) is 0 Å². The molecule has 6 rings (SSSR count). The van der Waals surface area contributed by atoms with E-state index in [1.165, 1.54) is 12.1 Å². The number of carbonyl (C=O) groups is 2. The lowest BCUT2D eigenvalue weighted by atomic mass is 9.80. The summed E-state index contributed by atoms with van der Waals surface area (Å²) in [6.07, 6.45) is 5.20. The molecule has 4 aliphatic rings. The van der Waals surface area contributed by atoms with E-state index in [2.05, 4.69) is 0 Å². The van der Waals surface area contributed by atoms with Crippen LogP contribution in [0.3, 0.4) is 0 Å². The summed E-state index contributed by atoms with van der Waals surface area (Å²) in [5.74, 6) is -3.64. The Balaban J connectivity index is 0.000000181. The van der Waals surface area contributed by atoms with Gasteiger partial charge in [0, 0.05) is 25.9 Å². The molecule has 2 aromatic rings. The van der Waals surface area contributed by atoms with E-state index >= 15 is 0 Å². The van der Waals surface area contributed by atoms with Gasteiger partial charge in [0.25, 0.3) is 0 Å². The Hall–Kier alpha value is -3.38. The molecule has 2 aliphatic heterocycles. The van der Waals surface area contributed by atoms with Gasteiger partial charge in [-0.2, -0.15) is 0 Å². The van der Waals surface area contributed by atoms with E-state index in [9.17, 15) is 37.4 Å². The fourth-order valence-corrected chi connectivity index (χ4v) is 6.99. The van der Waals surface area contributed by atoms with Crippen LogP contribution in [0, 0.1) is 23.3 Å². The smallest absolute Gasteiger partial charge is 0.410 e. The first-order chi connectivity index (χ1) is 21.8. The van der Waals surface area contributed by atoms with E-state index in [4.69, 9.17) is 9.47 Å². The number of nitrogens with zero attached hydrogens (tertiary/aromatic N) is 2. The van der Waals surface area contributed by atoms with Crippen molar-refractivity contribution in [2.24, 2.45) is 0 Å². The number of hydrogen-bond acceptors (Lipinski definition) is 6. The van der Waals surface area contributed by atoms with Gasteiger partial charge in [-0.1, -0.05) is 12.1 Å². The second-order valence-electron chi connectivity index (χ2n) is 13.2. The van der Waals surface area contributed by atoms with Gasteiger partial charge in [0.2, 0.25) is 0 Å². The van der Waals surface area contributed by atoms with E-state index in [1.54, 1.807) is 23.6 Å². The molecular formula is C34H42F4N2O6. The first kappa shape index (κ1) is 34.0. The summed E-state index contributed by atoms with van der Waals surface area (Å²) in [5.41, 5.74) is 0.132. The topological polar surface area (TPSA) is 99.5 Å². The molecule has 2 spiro atoms. The molecule has 2 atom stereocenters. The van der Waals surface area contributed by atoms with Crippen molar-refractivity contribution in [2.45, 2.75) is 114 Å². The zero-order valence-corrected chi connectivity index (χ0v) is 26.2. The van der Waals surface area contributed by atoms with Gasteiger partial charge in [0.1, 0.15) is 11.2 Å². The van der Waals surface area contributed by atoms with Crippen LogP contribution in [0.15, 0.2) is 36.4 Å². The van der Waals surface area contributed by atoms with Gasteiger partial charge in [-0.25, -0.2) is 27.2 Å². The van der Waals surface area contributed by atoms with Crippen molar-refractivity contribution in [3.05, 3.63) is 70.8 Å². The highest BCUT2D eigenvalue weighted by Gasteiger charge is 2.45. The minimum atomic E-state index is -0.919. The average molecular weight is 651 g/mol. The predicted octanol–water partition coefficient (Wildman–Crippen LogP) is 7.08. The van der Waals surface area contributed by atoms with Crippen molar-refractivity contribution in [1.29, 1.82) is 0 Å². The third-order valence-electron chi connectivity index (χ3n) is 10.2. The molecule has 2 heterocycles. The Morgan fingerprint density at radius 2 is 0.978 bits per heavy atom. The van der Waals surface area contributed by atoms with Crippen molar-refractivity contribution in [2.75, 3.05) is 13.1 Å². The minimum absolute atomic E-state index is 0.307. The van der Waals surface area contributed by atoms with Gasteiger partial charge in [0.15, 0.2) is 23.3 Å². The summed E-state index contributed by atoms with van der Waals surface area (Å²) >= 11 is 0. The molecule has 0 radical (unpaired) electrons. The largest absolute Gasteiger partial charge is 0.443 e. The number of carbonyl (C=O) groups excluding carboxylic acids is 2. The molecule has 46 heavy (non-hydrogen) atoms. The van der Waals surface area contributed by atoms with Gasteiger partial charge in [-0.15, -0.1) is 0 Å². The summed E-state index contributed by atoms with van der Waals surface area (Å²) in [7, 11) is 0. The molecule has 2 N–H and O–H groups in total. The van der Waals surface area contributed by atoms with Crippen LogP contribution in [0.4, 0.5) is 27.2 Å². The van der Waals surface area contributed by atoms with Gasteiger partial charge >= 0.3 is 12.2 Å². The molecule has 0 aromatic heterocycles. The molecule has 8 nitrogen and oxygen atoms in total. The molecule has 12 heteroatoms. The van der Waals surface area contributed by atoms with Crippen LogP contribution in [0.25, 0.3) is 0 Å². The molecule has 2 saturated heterocycles. The van der Waals surface area contributed by atoms with Crippen molar-refractivity contribution in [3.63, 3.8) is 0 Å². The van der Waals surface area contributed by atoms with Gasteiger partial charge in [-0.3, -0.25) is 0 Å². The number of rotatable bonds is 4. The zero-order chi connectivity index (χ0) is 33.2. The fraction of sp³-hybridized carbons (Fsp3) is 0.588. The number of aliphatic hydroxyl groups is 2. The molecule has 2 aliphatic carbocycles. The normalized spacial score (nSPS) is 29.5. The molecule has 2 saturated carbocycles. The summed E-state index contributed by atoms with van der Waals surface area (Å²) < 4.78 is 64.2. The van der Waals surface area contributed by atoms with Crippen LogP contribution in [0.1, 0.15) is 101 Å². The van der Waals surface area contributed by atoms with Gasteiger partial charge in [0.05, 0.1) is 24.3 Å². The van der Waals surface area contributed by atoms with E-state index in [1.807, 2.05) is 0 Å². The summed E-state index contributed by atoms with van der Waals surface area (Å²) in [6.45, 7) is 4.57. The van der Waals surface area contributed by atoms with Crippen LogP contribution >= 0.6 is 0 Å². The quantitative estimate of drug-likeness (QED) is 0.343. The number of benzene rings is 2. The molecule has 0 bridgehead atoms. The van der Waals surface area contributed by atoms with Gasteiger partial charge < -0.3 is 29.5 Å². The Morgan fingerprint density at radius 3 is 1.28 bits per heavy atom. The first-order valence-corrected chi connectivity index (χ1v) is 16.1. The standard InChI is InChI=1S/2C17H21F2NO3/c2*1-11(12-2-3-14(18)15(19)10-12)20-9-8-17(23-16(20)22)6-4-13(21)5-7-17/h2*2-3,10-11,13,21H,4-9H2,1H3/t2*11-,13?,17?/m00/s1. The maximum Gasteiger partial charge on any atom is 0.410 e. The number of hydrogen-bond donors (Lipinski definition) is 2. The lowest BCUT2D eigenvalue weighted by molar-refractivity contribution is -0.0911. The summed E-state index contributed by atoms with van der Waals surface area (Å²) in [4.78, 5) is 27.9. The molecule has 2 amide bonds. The third-order valence-corrected chi connectivity index (χ3v) is 10.2. The zero-order valence-electron chi connectivity index (χ0n) is 26.2. The molecule has 252 valence electrons. The van der Waals surface area contributed by atoms with Crippen LogP contribution in [0.2, 0.25) is 0 Å². The Labute approximate surface area is 266 Å². The minimum Gasteiger partial charge on any atom is -0.443 e. The van der Waals surface area contributed by atoms with E-state index in [-0.39, 0.29) is 24.3 Å². The molecule has 2 aromatic carbocycles. The second kappa shape index (κ2) is 13.8. The highest BCUT2D eigenvalue weighted by Crippen LogP contribution is 2.41. The number of halogens is 4. The molecule has 4 fully saturated rings. The Morgan fingerprint density at radius 1 is 0.630 bits per heavy atom. The molecular weight excluding hydrogens is 608 g/mol. The Kier molecular flexibility index (Phi) is 10.2. The predicted molar refractivity (Wildman–Crippen MR) is 160 cm³/mol. The van der Waals surface area contributed by atoms with Crippen LogP contribution in [-0.4, -0.2) is 68.7 Å². The second-order valence-corrected chi connectivity index (χ2v) is 13.2. The maximum absolute atomic E-state index is 13.4. The summed E-state index contributed by atoms with van der Waals surface area (Å²) in [6, 6.07) is 6.58. The Bertz CT molecular complexity index is 1300.